The van der Waals surface area contributed by atoms with Gasteiger partial charge in [0.1, 0.15) is 5.82 Å². The Morgan fingerprint density at radius 1 is 1.23 bits per heavy atom. The molecule has 6 heteroatoms. The van der Waals surface area contributed by atoms with Crippen LogP contribution in [-0.2, 0) is 6.18 Å². The molecule has 0 bridgehead atoms. The van der Waals surface area contributed by atoms with Gasteiger partial charge in [0, 0.05) is 37.8 Å². The quantitative estimate of drug-likeness (QED) is 0.849. The van der Waals surface area contributed by atoms with Crippen LogP contribution in [0.3, 0.4) is 0 Å². The molecule has 22 heavy (non-hydrogen) atoms. The molecule has 2 atom stereocenters. The van der Waals surface area contributed by atoms with E-state index >= 15 is 0 Å². The van der Waals surface area contributed by atoms with Gasteiger partial charge in [0.2, 0.25) is 0 Å². The fraction of sp³-hybridized carbons (Fsp3) is 0.625. The average Bonchev–Trinajstić information content (AvgIpc) is 2.49. The lowest BCUT2D eigenvalue weighted by molar-refractivity contribution is -0.139. The summed E-state index contributed by atoms with van der Waals surface area (Å²) in [6.45, 7) is 6.49. The van der Waals surface area contributed by atoms with E-state index in [2.05, 4.69) is 5.32 Å². The number of nitrogens with one attached hydrogen (secondary N) is 1. The minimum atomic E-state index is -4.54. The second kappa shape index (κ2) is 6.96. The third kappa shape index (κ3) is 3.60. The van der Waals surface area contributed by atoms with Crippen LogP contribution in [0.15, 0.2) is 18.2 Å². The molecule has 1 fully saturated rings. The van der Waals surface area contributed by atoms with Crippen molar-refractivity contribution in [3.8, 4) is 0 Å². The topological polar surface area (TPSA) is 15.3 Å². The molecule has 124 valence electrons. The van der Waals surface area contributed by atoms with E-state index in [1.807, 2.05) is 18.7 Å². The zero-order valence-corrected chi connectivity index (χ0v) is 12.9. The maximum Gasteiger partial charge on any atom is 0.416 e. The van der Waals surface area contributed by atoms with Crippen molar-refractivity contribution in [2.24, 2.45) is 5.92 Å². The molecule has 1 aromatic rings. The summed E-state index contributed by atoms with van der Waals surface area (Å²) in [5.74, 6) is -0.824. The molecular weight excluding hydrogens is 296 g/mol. The molecule has 1 heterocycles. The molecule has 1 unspecified atom stereocenters. The number of halogens is 4. The molecule has 0 aromatic heterocycles. The number of nitrogens with zero attached hydrogens (tertiary/aromatic N) is 1. The van der Waals surface area contributed by atoms with E-state index in [1.165, 1.54) is 0 Å². The molecule has 1 aliphatic heterocycles. The maximum atomic E-state index is 14.3. The Bertz CT molecular complexity index is 495. The van der Waals surface area contributed by atoms with Crippen molar-refractivity contribution in [1.82, 2.24) is 10.2 Å². The minimum absolute atomic E-state index is 0.0592. The number of rotatable bonds is 4. The first-order valence-electron chi connectivity index (χ1n) is 7.66. The van der Waals surface area contributed by atoms with Gasteiger partial charge in [0.25, 0.3) is 0 Å². The highest BCUT2D eigenvalue weighted by Crippen LogP contribution is 2.41. The summed E-state index contributed by atoms with van der Waals surface area (Å²) in [6, 6.07) is 2.69. The van der Waals surface area contributed by atoms with Crippen molar-refractivity contribution >= 4 is 0 Å². The summed E-state index contributed by atoms with van der Waals surface area (Å²) in [5.41, 5.74) is -1.05. The van der Waals surface area contributed by atoms with Gasteiger partial charge in [-0.15, -0.1) is 0 Å². The molecule has 2 nitrogen and oxygen atoms in total. The predicted octanol–water partition coefficient (Wildman–Crippen LogP) is 3.84. The van der Waals surface area contributed by atoms with Gasteiger partial charge in [-0.3, -0.25) is 4.90 Å². The number of hydrogen-bond acceptors (Lipinski definition) is 2. The van der Waals surface area contributed by atoms with E-state index < -0.39 is 23.6 Å². The minimum Gasteiger partial charge on any atom is -0.314 e. The van der Waals surface area contributed by atoms with E-state index in [0.29, 0.717) is 32.6 Å². The monoisotopic (exact) mass is 318 g/mol. The van der Waals surface area contributed by atoms with Crippen LogP contribution in [0.5, 0.6) is 0 Å². The second-order valence-corrected chi connectivity index (χ2v) is 5.82. The van der Waals surface area contributed by atoms with Gasteiger partial charge in [-0.2, -0.15) is 13.2 Å². The summed E-state index contributed by atoms with van der Waals surface area (Å²) in [7, 11) is 0. The van der Waals surface area contributed by atoms with Gasteiger partial charge in [-0.05, 0) is 18.1 Å². The Kier molecular flexibility index (Phi) is 5.45. The first-order chi connectivity index (χ1) is 10.4. The average molecular weight is 318 g/mol. The highest BCUT2D eigenvalue weighted by atomic mass is 19.4. The van der Waals surface area contributed by atoms with E-state index in [-0.39, 0.29) is 11.5 Å². The Morgan fingerprint density at radius 3 is 2.41 bits per heavy atom. The fourth-order valence-electron chi connectivity index (χ4n) is 3.10. The summed E-state index contributed by atoms with van der Waals surface area (Å²) in [5, 5.41) is 3.18. The lowest BCUT2D eigenvalue weighted by atomic mass is 9.87. The Morgan fingerprint density at radius 2 is 1.86 bits per heavy atom. The molecule has 1 aliphatic rings. The van der Waals surface area contributed by atoms with Gasteiger partial charge in [0.05, 0.1) is 5.56 Å². The molecule has 0 aliphatic carbocycles. The van der Waals surface area contributed by atoms with E-state index in [1.54, 1.807) is 0 Å². The Labute approximate surface area is 128 Å². The predicted molar refractivity (Wildman–Crippen MR) is 78.0 cm³/mol. The van der Waals surface area contributed by atoms with Crippen molar-refractivity contribution in [3.63, 3.8) is 0 Å². The highest BCUT2D eigenvalue weighted by molar-refractivity contribution is 5.34. The first kappa shape index (κ1) is 17.2. The molecule has 0 amide bonds. The molecule has 2 rings (SSSR count). The van der Waals surface area contributed by atoms with Gasteiger partial charge in [-0.25, -0.2) is 4.39 Å². The molecule has 0 spiro atoms. The zero-order chi connectivity index (χ0) is 16.3. The number of piperazine rings is 1. The van der Waals surface area contributed by atoms with Gasteiger partial charge in [0.15, 0.2) is 0 Å². The smallest absolute Gasteiger partial charge is 0.314 e. The van der Waals surface area contributed by atoms with Crippen molar-refractivity contribution < 1.29 is 17.6 Å². The van der Waals surface area contributed by atoms with Gasteiger partial charge < -0.3 is 5.32 Å². The van der Waals surface area contributed by atoms with Crippen molar-refractivity contribution in [1.29, 1.82) is 0 Å². The van der Waals surface area contributed by atoms with E-state index in [9.17, 15) is 17.6 Å². The van der Waals surface area contributed by atoms with E-state index in [4.69, 9.17) is 0 Å². The summed E-state index contributed by atoms with van der Waals surface area (Å²) >= 11 is 0. The summed E-state index contributed by atoms with van der Waals surface area (Å²) in [6.07, 6.45) is -3.85. The van der Waals surface area contributed by atoms with Crippen molar-refractivity contribution in [3.05, 3.63) is 35.1 Å². The zero-order valence-electron chi connectivity index (χ0n) is 12.9. The summed E-state index contributed by atoms with van der Waals surface area (Å²) < 4.78 is 54.3. The molecule has 1 N–H and O–H groups in total. The fourth-order valence-corrected chi connectivity index (χ4v) is 3.10. The van der Waals surface area contributed by atoms with Crippen LogP contribution >= 0.6 is 0 Å². The highest BCUT2D eigenvalue weighted by Gasteiger charge is 2.39. The first-order valence-corrected chi connectivity index (χ1v) is 7.66. The largest absolute Gasteiger partial charge is 0.416 e. The third-order valence-corrected chi connectivity index (χ3v) is 4.38. The molecule has 0 radical (unpaired) electrons. The summed E-state index contributed by atoms with van der Waals surface area (Å²) in [4.78, 5) is 1.97. The lowest BCUT2D eigenvalue weighted by Crippen LogP contribution is -2.47. The van der Waals surface area contributed by atoms with Crippen LogP contribution in [-0.4, -0.2) is 31.1 Å². The van der Waals surface area contributed by atoms with Crippen molar-refractivity contribution in [2.75, 3.05) is 26.2 Å². The van der Waals surface area contributed by atoms with Crippen LogP contribution in [0.2, 0.25) is 0 Å². The van der Waals surface area contributed by atoms with Crippen LogP contribution in [0.1, 0.15) is 37.4 Å². The number of benzene rings is 1. The normalized spacial score (nSPS) is 19.9. The number of hydrogen-bond donors (Lipinski definition) is 1. The Balaban J connectivity index is 2.51. The van der Waals surface area contributed by atoms with Gasteiger partial charge in [-0.1, -0.05) is 26.3 Å². The number of alkyl halides is 3. The van der Waals surface area contributed by atoms with Crippen molar-refractivity contribution in [2.45, 2.75) is 32.5 Å². The third-order valence-electron chi connectivity index (χ3n) is 4.38. The van der Waals surface area contributed by atoms with Crippen LogP contribution in [0, 0.1) is 11.7 Å². The molecule has 0 saturated carbocycles. The molecular formula is C16H22F4N2. The second-order valence-electron chi connectivity index (χ2n) is 5.82. The van der Waals surface area contributed by atoms with Crippen LogP contribution < -0.4 is 5.32 Å². The van der Waals surface area contributed by atoms with Crippen LogP contribution in [0.4, 0.5) is 17.6 Å². The molecule has 1 saturated heterocycles. The maximum absolute atomic E-state index is 14.3. The Hall–Kier alpha value is -1.14. The van der Waals surface area contributed by atoms with Gasteiger partial charge >= 0.3 is 6.18 Å². The standard InChI is InChI=1S/C16H22F4N2/c1-3-11(2)15(22-9-7-21-8-10-22)14-12(16(18,19)20)5-4-6-13(14)17/h4-6,11,15,21H,3,7-10H2,1-2H3/t11?,15-/m1/s1. The molecule has 1 aromatic carbocycles. The van der Waals surface area contributed by atoms with E-state index in [0.717, 1.165) is 18.2 Å². The lowest BCUT2D eigenvalue weighted by Gasteiger charge is -2.39. The van der Waals surface area contributed by atoms with Crippen LogP contribution in [0.25, 0.3) is 0 Å². The SMILES string of the molecule is CCC(C)[C@H](c1c(F)cccc1C(F)(F)F)N1CCNCC1.